The molecule has 0 spiro atoms. The Bertz CT molecular complexity index is 1220. The third kappa shape index (κ3) is 6.30. The van der Waals surface area contributed by atoms with Gasteiger partial charge in [-0.15, -0.1) is 0 Å². The summed E-state index contributed by atoms with van der Waals surface area (Å²) in [4.78, 5) is 5.91. The Hall–Kier alpha value is -2.81. The molecule has 2 nitrogen and oxygen atoms in total. The summed E-state index contributed by atoms with van der Waals surface area (Å²) in [6, 6.07) is 7.60. The van der Waals surface area contributed by atoms with Gasteiger partial charge in [0, 0.05) is 19.2 Å². The molecular weight excluding hydrogens is 509 g/mol. The van der Waals surface area contributed by atoms with Crippen LogP contribution in [0.25, 0.3) is 11.1 Å². The molecule has 1 heterocycles. The SMILES string of the molecule is Cc1cc(F)ccc1-c1cc(Cl)ncc1N(C)CCC(C)(C)c1cc(C(F)(F)F)cc(C(F)(F)F)c1. The van der Waals surface area contributed by atoms with Crippen molar-refractivity contribution in [3.63, 3.8) is 0 Å². The van der Waals surface area contributed by atoms with Gasteiger partial charge in [-0.05, 0) is 71.8 Å². The Labute approximate surface area is 209 Å². The number of pyridine rings is 1. The van der Waals surface area contributed by atoms with Crippen LogP contribution in [0.5, 0.6) is 0 Å². The molecule has 0 aliphatic carbocycles. The van der Waals surface area contributed by atoms with Crippen LogP contribution in [0.3, 0.4) is 0 Å². The van der Waals surface area contributed by atoms with E-state index < -0.39 is 34.7 Å². The molecule has 1 aromatic heterocycles. The van der Waals surface area contributed by atoms with Crippen LogP contribution >= 0.6 is 11.6 Å². The summed E-state index contributed by atoms with van der Waals surface area (Å²) in [6.45, 7) is 5.22. The summed E-state index contributed by atoms with van der Waals surface area (Å²) in [5, 5.41) is 0.217. The van der Waals surface area contributed by atoms with Gasteiger partial charge in [-0.25, -0.2) is 9.37 Å². The normalized spacial score (nSPS) is 12.7. The van der Waals surface area contributed by atoms with E-state index in [1.807, 2.05) is 0 Å². The Morgan fingerprint density at radius 1 is 0.833 bits per heavy atom. The van der Waals surface area contributed by atoms with Crippen LogP contribution in [0, 0.1) is 12.7 Å². The highest BCUT2D eigenvalue weighted by Gasteiger charge is 2.38. The Kier molecular flexibility index (Phi) is 7.65. The fraction of sp³-hybridized carbons (Fsp3) is 0.346. The topological polar surface area (TPSA) is 16.1 Å². The van der Waals surface area contributed by atoms with Crippen LogP contribution in [0.1, 0.15) is 42.5 Å². The fourth-order valence-electron chi connectivity index (χ4n) is 3.93. The van der Waals surface area contributed by atoms with E-state index in [4.69, 9.17) is 11.6 Å². The van der Waals surface area contributed by atoms with Gasteiger partial charge in [0.25, 0.3) is 0 Å². The summed E-state index contributed by atoms with van der Waals surface area (Å²) in [7, 11) is 1.73. The predicted octanol–water partition coefficient (Wildman–Crippen LogP) is 8.69. The molecule has 36 heavy (non-hydrogen) atoms. The van der Waals surface area contributed by atoms with Gasteiger partial charge in [-0.1, -0.05) is 31.5 Å². The number of hydrogen-bond donors (Lipinski definition) is 0. The highest BCUT2D eigenvalue weighted by molar-refractivity contribution is 6.29. The van der Waals surface area contributed by atoms with Crippen molar-refractivity contribution in [1.29, 1.82) is 0 Å². The quantitative estimate of drug-likeness (QED) is 0.233. The molecule has 0 atom stereocenters. The van der Waals surface area contributed by atoms with Gasteiger partial charge in [0.1, 0.15) is 11.0 Å². The Morgan fingerprint density at radius 3 is 1.92 bits per heavy atom. The summed E-state index contributed by atoms with van der Waals surface area (Å²) in [6.07, 6.45) is -8.08. The largest absolute Gasteiger partial charge is 0.416 e. The first-order chi connectivity index (χ1) is 16.5. The van der Waals surface area contributed by atoms with E-state index in [-0.39, 0.29) is 29.7 Å². The third-order valence-electron chi connectivity index (χ3n) is 6.18. The second-order valence-electron chi connectivity index (χ2n) is 9.33. The molecule has 2 aromatic carbocycles. The molecule has 0 saturated carbocycles. The average Bonchev–Trinajstić information content (AvgIpc) is 2.76. The minimum atomic E-state index is -4.92. The van der Waals surface area contributed by atoms with Gasteiger partial charge in [-0.2, -0.15) is 26.3 Å². The molecule has 10 heteroatoms. The van der Waals surface area contributed by atoms with Crippen molar-refractivity contribution in [2.24, 2.45) is 0 Å². The fourth-order valence-corrected chi connectivity index (χ4v) is 4.09. The maximum absolute atomic E-state index is 13.6. The van der Waals surface area contributed by atoms with E-state index in [1.54, 1.807) is 44.9 Å². The van der Waals surface area contributed by atoms with Crippen LogP contribution in [-0.4, -0.2) is 18.6 Å². The highest BCUT2D eigenvalue weighted by Crippen LogP contribution is 2.40. The molecule has 0 N–H and O–H groups in total. The zero-order chi connectivity index (χ0) is 27.1. The van der Waals surface area contributed by atoms with Gasteiger partial charge in [0.05, 0.1) is 23.0 Å². The van der Waals surface area contributed by atoms with Crippen molar-refractivity contribution in [2.45, 2.75) is 45.0 Å². The number of aryl methyl sites for hydroxylation is 1. The van der Waals surface area contributed by atoms with Crippen LogP contribution in [0.15, 0.2) is 48.7 Å². The standard InChI is InChI=1S/C26H24ClF7N2/c1-15-9-19(28)5-6-20(15)21-13-23(27)35-14-22(21)36(4)8-7-24(2,3)16-10-17(25(29,30)31)12-18(11-16)26(32,33)34/h5-6,9-14H,7-8H2,1-4H3. The minimum absolute atomic E-state index is 0.0677. The van der Waals surface area contributed by atoms with Gasteiger partial charge in [0.2, 0.25) is 0 Å². The van der Waals surface area contributed by atoms with Crippen LogP contribution in [0.4, 0.5) is 36.4 Å². The second kappa shape index (κ2) is 9.92. The van der Waals surface area contributed by atoms with E-state index in [0.29, 0.717) is 16.8 Å². The number of nitrogens with zero attached hydrogens (tertiary/aromatic N) is 2. The molecule has 194 valence electrons. The number of aromatic nitrogens is 1. The minimum Gasteiger partial charge on any atom is -0.373 e. The molecular formula is C26H24ClF7N2. The van der Waals surface area contributed by atoms with Crippen molar-refractivity contribution in [1.82, 2.24) is 4.98 Å². The summed E-state index contributed by atoms with van der Waals surface area (Å²) in [5.74, 6) is -0.396. The predicted molar refractivity (Wildman–Crippen MR) is 127 cm³/mol. The van der Waals surface area contributed by atoms with Crippen LogP contribution in [-0.2, 0) is 17.8 Å². The van der Waals surface area contributed by atoms with E-state index in [0.717, 1.165) is 17.7 Å². The van der Waals surface area contributed by atoms with Gasteiger partial charge >= 0.3 is 12.4 Å². The average molecular weight is 533 g/mol. The maximum Gasteiger partial charge on any atom is 0.416 e. The lowest BCUT2D eigenvalue weighted by Crippen LogP contribution is -2.28. The third-order valence-corrected chi connectivity index (χ3v) is 6.39. The number of hydrogen-bond acceptors (Lipinski definition) is 2. The van der Waals surface area contributed by atoms with Gasteiger partial charge in [-0.3, -0.25) is 0 Å². The number of alkyl halides is 6. The summed E-state index contributed by atoms with van der Waals surface area (Å²) in [5.41, 5.74) is -1.10. The molecule has 0 fully saturated rings. The molecule has 0 aliphatic heterocycles. The molecule has 0 bridgehead atoms. The summed E-state index contributed by atoms with van der Waals surface area (Å²) >= 11 is 6.10. The van der Waals surface area contributed by atoms with Crippen molar-refractivity contribution < 1.29 is 30.7 Å². The second-order valence-corrected chi connectivity index (χ2v) is 9.72. The first kappa shape index (κ1) is 27.8. The van der Waals surface area contributed by atoms with Gasteiger partial charge in [0.15, 0.2) is 0 Å². The molecule has 0 amide bonds. The lowest BCUT2D eigenvalue weighted by molar-refractivity contribution is -0.143. The van der Waals surface area contributed by atoms with Crippen LogP contribution in [0.2, 0.25) is 5.15 Å². The van der Waals surface area contributed by atoms with Crippen molar-refractivity contribution in [3.05, 3.63) is 81.9 Å². The Morgan fingerprint density at radius 2 is 1.39 bits per heavy atom. The van der Waals surface area contributed by atoms with Crippen molar-refractivity contribution in [2.75, 3.05) is 18.5 Å². The maximum atomic E-state index is 13.6. The molecule has 0 unspecified atom stereocenters. The molecule has 0 aliphatic rings. The molecule has 3 aromatic rings. The smallest absolute Gasteiger partial charge is 0.373 e. The van der Waals surface area contributed by atoms with E-state index >= 15 is 0 Å². The van der Waals surface area contributed by atoms with Crippen molar-refractivity contribution >= 4 is 17.3 Å². The number of rotatable bonds is 6. The van der Waals surface area contributed by atoms with E-state index in [1.165, 1.54) is 18.3 Å². The first-order valence-electron chi connectivity index (χ1n) is 10.9. The summed E-state index contributed by atoms with van der Waals surface area (Å²) < 4.78 is 93.7. The lowest BCUT2D eigenvalue weighted by Gasteiger charge is -2.31. The Balaban J connectivity index is 1.93. The zero-order valence-corrected chi connectivity index (χ0v) is 20.7. The van der Waals surface area contributed by atoms with Crippen molar-refractivity contribution in [3.8, 4) is 11.1 Å². The molecule has 0 saturated heterocycles. The molecule has 3 rings (SSSR count). The lowest BCUT2D eigenvalue weighted by atomic mass is 9.80. The number of halogens is 8. The van der Waals surface area contributed by atoms with Gasteiger partial charge < -0.3 is 4.90 Å². The van der Waals surface area contributed by atoms with E-state index in [2.05, 4.69) is 4.98 Å². The van der Waals surface area contributed by atoms with Crippen LogP contribution < -0.4 is 4.90 Å². The highest BCUT2D eigenvalue weighted by atomic mass is 35.5. The molecule has 0 radical (unpaired) electrons. The zero-order valence-electron chi connectivity index (χ0n) is 20.0. The van der Waals surface area contributed by atoms with E-state index in [9.17, 15) is 30.7 Å². The first-order valence-corrected chi connectivity index (χ1v) is 11.3. The number of benzene rings is 2. The number of anilines is 1. The monoisotopic (exact) mass is 532 g/mol.